The summed E-state index contributed by atoms with van der Waals surface area (Å²) in [6.45, 7) is 0. The number of carbonyl (C=O) groups excluding carboxylic acids is 1. The van der Waals surface area contributed by atoms with E-state index in [1.54, 1.807) is 0 Å². The summed E-state index contributed by atoms with van der Waals surface area (Å²) in [5.74, 6) is -2.37. The summed E-state index contributed by atoms with van der Waals surface area (Å²) in [5.41, 5.74) is 0. The lowest BCUT2D eigenvalue weighted by Gasteiger charge is -2.08. The van der Waals surface area contributed by atoms with Crippen LogP contribution >= 0.6 is 0 Å². The van der Waals surface area contributed by atoms with Gasteiger partial charge in [0.15, 0.2) is 0 Å². The molecule has 0 radical (unpaired) electrons. The summed E-state index contributed by atoms with van der Waals surface area (Å²) in [6, 6.07) is 0. The zero-order valence-electron chi connectivity index (χ0n) is 5.29. The van der Waals surface area contributed by atoms with E-state index in [2.05, 4.69) is 4.74 Å². The van der Waals surface area contributed by atoms with Gasteiger partial charge in [0.1, 0.15) is 6.42 Å². The van der Waals surface area contributed by atoms with Crippen LogP contribution in [-0.2, 0) is 9.53 Å². The number of carbonyl (C=O) groups is 1. The Labute approximate surface area is 62.1 Å². The fourth-order valence-electron chi connectivity index (χ4n) is 0.329. The minimum atomic E-state index is -5.36. The van der Waals surface area contributed by atoms with Gasteiger partial charge in [-0.15, -0.1) is 13.2 Å². The van der Waals surface area contributed by atoms with Gasteiger partial charge in [0.2, 0.25) is 0 Å². The molecule has 0 aliphatic rings. The number of hydrogen-bond donors (Lipinski definition) is 0. The van der Waals surface area contributed by atoms with Gasteiger partial charge in [0, 0.05) is 0 Å². The second-order valence-electron chi connectivity index (χ2n) is 1.71. The van der Waals surface area contributed by atoms with Gasteiger partial charge in [-0.25, -0.2) is 0 Å². The zero-order valence-corrected chi connectivity index (χ0v) is 5.29. The van der Waals surface area contributed by atoms with Crippen molar-refractivity contribution in [1.82, 2.24) is 0 Å². The van der Waals surface area contributed by atoms with Crippen LogP contribution in [0.25, 0.3) is 0 Å². The lowest BCUT2D eigenvalue weighted by atomic mass is 10.4. The summed E-state index contributed by atoms with van der Waals surface area (Å²) in [4.78, 5) is 9.81. The van der Waals surface area contributed by atoms with Crippen LogP contribution in [-0.4, -0.2) is 18.5 Å². The third kappa shape index (κ3) is 7.16. The number of hydrogen-bond acceptors (Lipinski definition) is 2. The molecule has 0 N–H and O–H groups in total. The molecule has 12 heavy (non-hydrogen) atoms. The third-order valence-electron chi connectivity index (χ3n) is 0.574. The number of alkyl halides is 6. The Bertz CT molecular complexity index is 149. The minimum absolute atomic E-state index is 2.24. The van der Waals surface area contributed by atoms with Crippen LogP contribution in [0.4, 0.5) is 26.3 Å². The number of rotatable bonds is 1. The van der Waals surface area contributed by atoms with E-state index >= 15 is 0 Å². The first kappa shape index (κ1) is 11.1. The first-order valence-corrected chi connectivity index (χ1v) is 2.45. The topological polar surface area (TPSA) is 26.3 Å². The Balaban J connectivity index is 3.92. The maximum atomic E-state index is 11.2. The average molecular weight is 196 g/mol. The molecule has 0 saturated carbocycles. The van der Waals surface area contributed by atoms with E-state index in [1.807, 2.05) is 0 Å². The van der Waals surface area contributed by atoms with Crippen LogP contribution in [0, 0.1) is 0 Å². The molecule has 0 spiro atoms. The van der Waals surface area contributed by atoms with Crippen molar-refractivity contribution in [1.29, 1.82) is 0 Å². The molecule has 0 aliphatic carbocycles. The van der Waals surface area contributed by atoms with E-state index < -0.39 is 24.9 Å². The Kier molecular flexibility index (Phi) is 2.94. The van der Waals surface area contributed by atoms with Gasteiger partial charge in [-0.1, -0.05) is 0 Å². The molecule has 0 saturated heterocycles. The first-order valence-electron chi connectivity index (χ1n) is 2.45. The molecule has 0 unspecified atom stereocenters. The predicted molar refractivity (Wildman–Crippen MR) is 22.8 cm³/mol. The van der Waals surface area contributed by atoms with Crippen LogP contribution in [0.3, 0.4) is 0 Å². The van der Waals surface area contributed by atoms with Crippen molar-refractivity contribution in [3.05, 3.63) is 0 Å². The van der Waals surface area contributed by atoms with Crippen LogP contribution in [0.15, 0.2) is 0 Å². The molecule has 0 heterocycles. The molecular formula is C4H2F6O2. The highest BCUT2D eigenvalue weighted by atomic mass is 19.4. The standard InChI is InChI=1S/C4H2F6O2/c5-3(6,7)1-2(11)12-4(8,9)10/h1H2. The zero-order chi connectivity index (χ0) is 9.99. The molecule has 0 aromatic heterocycles. The molecule has 8 heteroatoms. The molecule has 0 aliphatic heterocycles. The van der Waals surface area contributed by atoms with Gasteiger partial charge in [-0.2, -0.15) is 13.2 Å². The summed E-state index contributed by atoms with van der Waals surface area (Å²) >= 11 is 0. The van der Waals surface area contributed by atoms with Crippen LogP contribution in [0.1, 0.15) is 6.42 Å². The summed E-state index contributed by atoms with van der Waals surface area (Å²) in [6.07, 6.45) is -12.6. The molecule has 0 atom stereocenters. The first-order chi connectivity index (χ1) is 5.10. The molecule has 2 nitrogen and oxygen atoms in total. The highest BCUT2D eigenvalue weighted by Gasteiger charge is 2.39. The van der Waals surface area contributed by atoms with Crippen LogP contribution < -0.4 is 0 Å². The summed E-state index contributed by atoms with van der Waals surface area (Å²) in [7, 11) is 0. The van der Waals surface area contributed by atoms with E-state index in [-0.39, 0.29) is 0 Å². The lowest BCUT2D eigenvalue weighted by Crippen LogP contribution is -2.24. The lowest BCUT2D eigenvalue weighted by molar-refractivity contribution is -0.308. The highest BCUT2D eigenvalue weighted by molar-refractivity contribution is 5.70. The Morgan fingerprint density at radius 2 is 1.50 bits per heavy atom. The summed E-state index contributed by atoms with van der Waals surface area (Å²) < 4.78 is 69.3. The van der Waals surface area contributed by atoms with E-state index in [0.29, 0.717) is 0 Å². The molecule has 72 valence electrons. The van der Waals surface area contributed by atoms with Crippen molar-refractivity contribution in [2.45, 2.75) is 19.0 Å². The van der Waals surface area contributed by atoms with Gasteiger partial charge >= 0.3 is 18.5 Å². The minimum Gasteiger partial charge on any atom is -0.373 e. The highest BCUT2D eigenvalue weighted by Crippen LogP contribution is 2.23. The smallest absolute Gasteiger partial charge is 0.373 e. The number of ether oxygens (including phenoxy) is 1. The largest absolute Gasteiger partial charge is 0.575 e. The van der Waals surface area contributed by atoms with Crippen molar-refractivity contribution < 1.29 is 35.9 Å². The van der Waals surface area contributed by atoms with Crippen molar-refractivity contribution >= 4 is 5.97 Å². The Morgan fingerprint density at radius 3 is 1.75 bits per heavy atom. The van der Waals surface area contributed by atoms with Gasteiger partial charge in [-0.3, -0.25) is 4.79 Å². The predicted octanol–water partition coefficient (Wildman–Crippen LogP) is 2.00. The third-order valence-corrected chi connectivity index (χ3v) is 0.574. The maximum absolute atomic E-state index is 11.2. The van der Waals surface area contributed by atoms with Crippen molar-refractivity contribution in [3.8, 4) is 0 Å². The molecule has 0 aromatic carbocycles. The summed E-state index contributed by atoms with van der Waals surface area (Å²) in [5, 5.41) is 0. The fraction of sp³-hybridized carbons (Fsp3) is 0.750. The number of esters is 1. The molecule has 0 amide bonds. The average Bonchev–Trinajstić information content (AvgIpc) is 1.49. The van der Waals surface area contributed by atoms with Gasteiger partial charge in [-0.05, 0) is 0 Å². The molecular weight excluding hydrogens is 194 g/mol. The van der Waals surface area contributed by atoms with E-state index in [1.165, 1.54) is 0 Å². The van der Waals surface area contributed by atoms with Crippen LogP contribution in [0.5, 0.6) is 0 Å². The fourth-order valence-corrected chi connectivity index (χ4v) is 0.329. The molecule has 0 aromatic rings. The Morgan fingerprint density at radius 1 is 1.08 bits per heavy atom. The van der Waals surface area contributed by atoms with E-state index in [4.69, 9.17) is 0 Å². The normalized spacial score (nSPS) is 12.8. The second-order valence-corrected chi connectivity index (χ2v) is 1.71. The Hall–Kier alpha value is -0.950. The molecule has 0 bridgehead atoms. The van der Waals surface area contributed by atoms with Crippen LogP contribution in [0.2, 0.25) is 0 Å². The van der Waals surface area contributed by atoms with E-state index in [9.17, 15) is 31.1 Å². The van der Waals surface area contributed by atoms with Gasteiger partial charge in [0.25, 0.3) is 0 Å². The van der Waals surface area contributed by atoms with Gasteiger partial charge in [0.05, 0.1) is 0 Å². The van der Waals surface area contributed by atoms with Crippen molar-refractivity contribution in [3.63, 3.8) is 0 Å². The second kappa shape index (κ2) is 3.20. The van der Waals surface area contributed by atoms with Crippen molar-refractivity contribution in [2.24, 2.45) is 0 Å². The number of halogens is 6. The monoisotopic (exact) mass is 196 g/mol. The molecule has 0 rings (SSSR count). The quantitative estimate of drug-likeness (QED) is 0.473. The van der Waals surface area contributed by atoms with Gasteiger partial charge < -0.3 is 4.74 Å². The van der Waals surface area contributed by atoms with E-state index in [0.717, 1.165) is 0 Å². The van der Waals surface area contributed by atoms with Crippen molar-refractivity contribution in [2.75, 3.05) is 0 Å². The SMILES string of the molecule is O=C(CC(F)(F)F)OC(F)(F)F. The maximum Gasteiger partial charge on any atom is 0.575 e. The molecule has 0 fully saturated rings.